The topological polar surface area (TPSA) is 71.1 Å². The molecule has 0 unspecified atom stereocenters. The van der Waals surface area contributed by atoms with Gasteiger partial charge in [0.1, 0.15) is 0 Å². The Morgan fingerprint density at radius 1 is 0.241 bits per heavy atom. The highest BCUT2D eigenvalue weighted by Gasteiger charge is 2.08. The van der Waals surface area contributed by atoms with Crippen LogP contribution in [0.4, 0.5) is 0 Å². The van der Waals surface area contributed by atoms with E-state index in [0.717, 1.165) is 39.3 Å². The van der Waals surface area contributed by atoms with E-state index in [-0.39, 0.29) is 0 Å². The zero-order valence-corrected chi connectivity index (χ0v) is 17.9. The van der Waals surface area contributed by atoms with Gasteiger partial charge in [0.2, 0.25) is 0 Å². The van der Waals surface area contributed by atoms with Crippen molar-refractivity contribution in [3.63, 3.8) is 0 Å². The molecule has 0 atom stereocenters. The van der Waals surface area contributed by atoms with Crippen molar-refractivity contribution in [1.82, 2.24) is 9.80 Å². The van der Waals surface area contributed by atoms with Gasteiger partial charge in [-0.15, -0.1) is 0 Å². The summed E-state index contributed by atoms with van der Waals surface area (Å²) in [6.07, 6.45) is 0. The smallest absolute Gasteiger partial charge is 0.0701 e. The molecule has 9 nitrogen and oxygen atoms in total. The molecule has 0 saturated carbocycles. The van der Waals surface area contributed by atoms with Gasteiger partial charge in [-0.25, -0.2) is 0 Å². The van der Waals surface area contributed by atoms with Gasteiger partial charge in [0.25, 0.3) is 0 Å². The van der Waals surface area contributed by atoms with Crippen LogP contribution in [0.1, 0.15) is 0 Å². The van der Waals surface area contributed by atoms with Gasteiger partial charge in [-0.2, -0.15) is 0 Å². The lowest BCUT2D eigenvalue weighted by atomic mass is 10.4. The molecule has 0 spiro atoms. The standard InChI is InChI=1S/C20H40N2O7/c1-7-23-13-14-25-9-3-22-4-10-26-16-15-24-8-2-21(1)5-11-27-17-19-29-20-18-28-12-6-22/h1-20H2. The average molecular weight is 421 g/mol. The van der Waals surface area contributed by atoms with E-state index in [2.05, 4.69) is 9.80 Å². The first kappa shape index (κ1) is 24.9. The predicted octanol–water partition coefficient (Wildman–Crippen LogP) is -0.266. The zero-order chi connectivity index (χ0) is 20.2. The van der Waals surface area contributed by atoms with E-state index in [9.17, 15) is 0 Å². The molecule has 9 heteroatoms. The molecule has 3 aliphatic rings. The Morgan fingerprint density at radius 2 is 0.414 bits per heavy atom. The number of nitrogens with zero attached hydrogens (tertiary/aromatic N) is 2. The molecule has 3 fully saturated rings. The normalized spacial score (nSPS) is 29.8. The lowest BCUT2D eigenvalue weighted by Crippen LogP contribution is -2.35. The average Bonchev–Trinajstić information content (AvgIpc) is 2.73. The Hall–Kier alpha value is -0.360. The first-order valence-electron chi connectivity index (χ1n) is 10.9. The maximum atomic E-state index is 5.73. The SMILES string of the molecule is C1COCCN2CCOCCOCCN(CCOCCO1)CCOCCOCC2. The van der Waals surface area contributed by atoms with Crippen LogP contribution in [-0.2, 0) is 33.2 Å². The largest absolute Gasteiger partial charge is 0.378 e. The summed E-state index contributed by atoms with van der Waals surface area (Å²) >= 11 is 0. The molecule has 3 rings (SSSR count). The van der Waals surface area contributed by atoms with Crippen LogP contribution in [0, 0.1) is 0 Å². The summed E-state index contributed by atoms with van der Waals surface area (Å²) < 4.78 is 39.9. The van der Waals surface area contributed by atoms with Gasteiger partial charge < -0.3 is 33.2 Å². The van der Waals surface area contributed by atoms with E-state index >= 15 is 0 Å². The Kier molecular flexibility index (Phi) is 15.8. The quantitative estimate of drug-likeness (QED) is 0.493. The van der Waals surface area contributed by atoms with Gasteiger partial charge in [0.05, 0.1) is 92.5 Å². The summed E-state index contributed by atoms with van der Waals surface area (Å²) in [6.45, 7) is 14.0. The summed E-state index contributed by atoms with van der Waals surface area (Å²) in [5.74, 6) is 0. The minimum Gasteiger partial charge on any atom is -0.378 e. The van der Waals surface area contributed by atoms with Crippen LogP contribution in [-0.4, -0.2) is 142 Å². The van der Waals surface area contributed by atoms with Gasteiger partial charge in [-0.3, -0.25) is 9.80 Å². The Bertz CT molecular complexity index is 308. The van der Waals surface area contributed by atoms with E-state index in [4.69, 9.17) is 33.2 Å². The number of ether oxygens (including phenoxy) is 7. The van der Waals surface area contributed by atoms with Gasteiger partial charge >= 0.3 is 0 Å². The van der Waals surface area contributed by atoms with Gasteiger partial charge in [0, 0.05) is 39.3 Å². The van der Waals surface area contributed by atoms with Crippen LogP contribution in [0.3, 0.4) is 0 Å². The van der Waals surface area contributed by atoms with Crippen LogP contribution < -0.4 is 0 Å². The predicted molar refractivity (Wildman–Crippen MR) is 109 cm³/mol. The molecule has 172 valence electrons. The molecule has 0 aromatic rings. The maximum absolute atomic E-state index is 5.73. The minimum absolute atomic E-state index is 0.594. The first-order valence-corrected chi connectivity index (χ1v) is 10.9. The molecule has 0 N–H and O–H groups in total. The third-order valence-electron chi connectivity index (χ3n) is 4.80. The van der Waals surface area contributed by atoms with Crippen LogP contribution in [0.5, 0.6) is 0 Å². The van der Waals surface area contributed by atoms with Gasteiger partial charge in [0.15, 0.2) is 0 Å². The highest BCUT2D eigenvalue weighted by atomic mass is 16.5. The van der Waals surface area contributed by atoms with Gasteiger partial charge in [-0.1, -0.05) is 0 Å². The first-order chi connectivity index (χ1) is 14.4. The van der Waals surface area contributed by atoms with Crippen molar-refractivity contribution in [1.29, 1.82) is 0 Å². The van der Waals surface area contributed by atoms with Crippen molar-refractivity contribution >= 4 is 0 Å². The molecule has 3 aliphatic heterocycles. The van der Waals surface area contributed by atoms with Crippen molar-refractivity contribution in [2.24, 2.45) is 0 Å². The van der Waals surface area contributed by atoms with Crippen LogP contribution >= 0.6 is 0 Å². The molecule has 0 aromatic carbocycles. The molecule has 0 aromatic heterocycles. The summed E-state index contributed by atoms with van der Waals surface area (Å²) in [5.41, 5.74) is 0. The summed E-state index contributed by atoms with van der Waals surface area (Å²) in [7, 11) is 0. The van der Waals surface area contributed by atoms with Crippen molar-refractivity contribution in [3.8, 4) is 0 Å². The molecule has 29 heavy (non-hydrogen) atoms. The van der Waals surface area contributed by atoms with E-state index in [1.165, 1.54) is 0 Å². The van der Waals surface area contributed by atoms with Gasteiger partial charge in [-0.05, 0) is 0 Å². The highest BCUT2D eigenvalue weighted by molar-refractivity contribution is 4.59. The van der Waals surface area contributed by atoms with Crippen molar-refractivity contribution in [2.45, 2.75) is 0 Å². The molecule has 3 saturated heterocycles. The van der Waals surface area contributed by atoms with Crippen LogP contribution in [0.15, 0.2) is 0 Å². The monoisotopic (exact) mass is 420 g/mol. The van der Waals surface area contributed by atoms with E-state index < -0.39 is 0 Å². The molecule has 2 bridgehead atoms. The lowest BCUT2D eigenvalue weighted by Gasteiger charge is -2.23. The maximum Gasteiger partial charge on any atom is 0.0701 e. The summed E-state index contributed by atoms with van der Waals surface area (Å²) in [4.78, 5) is 4.61. The third kappa shape index (κ3) is 14.3. The van der Waals surface area contributed by atoms with E-state index in [0.29, 0.717) is 92.5 Å². The summed E-state index contributed by atoms with van der Waals surface area (Å²) in [6, 6.07) is 0. The number of hydrogen-bond donors (Lipinski definition) is 0. The van der Waals surface area contributed by atoms with Crippen LogP contribution in [0.25, 0.3) is 0 Å². The fraction of sp³-hybridized carbons (Fsp3) is 1.00. The summed E-state index contributed by atoms with van der Waals surface area (Å²) in [5, 5.41) is 0. The molecule has 0 aliphatic carbocycles. The van der Waals surface area contributed by atoms with E-state index in [1.807, 2.05) is 0 Å². The number of hydrogen-bond acceptors (Lipinski definition) is 9. The molecule has 3 heterocycles. The number of rotatable bonds is 0. The minimum atomic E-state index is 0.594. The second-order valence-corrected chi connectivity index (χ2v) is 6.97. The molecular weight excluding hydrogens is 380 g/mol. The van der Waals surface area contributed by atoms with E-state index in [1.54, 1.807) is 0 Å². The molecular formula is C20H40N2O7. The van der Waals surface area contributed by atoms with Crippen molar-refractivity contribution < 1.29 is 33.2 Å². The second kappa shape index (κ2) is 18.4. The zero-order valence-electron chi connectivity index (χ0n) is 17.9. The lowest BCUT2D eigenvalue weighted by molar-refractivity contribution is 0.00172. The second-order valence-electron chi connectivity index (χ2n) is 6.97. The highest BCUT2D eigenvalue weighted by Crippen LogP contribution is 1.95. The number of fused-ring (bicyclic) bond motifs is 24. The van der Waals surface area contributed by atoms with Crippen molar-refractivity contribution in [2.75, 3.05) is 132 Å². The Labute approximate surface area is 175 Å². The Morgan fingerprint density at radius 3 is 0.621 bits per heavy atom. The van der Waals surface area contributed by atoms with Crippen molar-refractivity contribution in [3.05, 3.63) is 0 Å². The Balaban J connectivity index is 1.86. The fourth-order valence-electron chi connectivity index (χ4n) is 3.02. The molecule has 0 radical (unpaired) electrons. The molecule has 0 amide bonds. The third-order valence-corrected chi connectivity index (χ3v) is 4.80. The van der Waals surface area contributed by atoms with Crippen LogP contribution in [0.2, 0.25) is 0 Å². The fourth-order valence-corrected chi connectivity index (χ4v) is 3.02.